The average molecular weight is 510 g/mol. The number of benzene rings is 2. The van der Waals surface area contributed by atoms with Crippen molar-refractivity contribution in [2.75, 3.05) is 12.3 Å². The third-order valence-corrected chi connectivity index (χ3v) is 5.05. The summed E-state index contributed by atoms with van der Waals surface area (Å²) in [5, 5.41) is -0.912. The molecule has 0 saturated heterocycles. The summed E-state index contributed by atoms with van der Waals surface area (Å²) in [5.41, 5.74) is 0.715. The summed E-state index contributed by atoms with van der Waals surface area (Å²) >= 11 is 6.23. The van der Waals surface area contributed by atoms with Gasteiger partial charge in [0.25, 0.3) is 0 Å². The largest absolute Gasteiger partial charge is 0.485 e. The standard InChI is InChI=1S/C23H19ClF3N3O5/c1-5-34-22(33)11-8-30(20-10(21(11)32)6-12(25)18(28)15(20)24)13-7-14(35-23(2,3)4)17(27)19(16(13)26)29-9-31/h6-8H,5,28H2,1-4H3. The number of carbonyl (C=O) groups is 1. The van der Waals surface area contributed by atoms with E-state index in [0.29, 0.717) is 0 Å². The van der Waals surface area contributed by atoms with Gasteiger partial charge in [0.05, 0.1) is 33.9 Å². The predicted molar refractivity (Wildman–Crippen MR) is 123 cm³/mol. The van der Waals surface area contributed by atoms with Crippen LogP contribution in [0.1, 0.15) is 38.1 Å². The number of hydrogen-bond acceptors (Lipinski definition) is 7. The van der Waals surface area contributed by atoms with E-state index in [4.69, 9.17) is 26.8 Å². The summed E-state index contributed by atoms with van der Waals surface area (Å²) < 4.78 is 56.2. The van der Waals surface area contributed by atoms with Gasteiger partial charge in [-0.1, -0.05) is 11.6 Å². The molecule has 0 bridgehead atoms. The van der Waals surface area contributed by atoms with Gasteiger partial charge >= 0.3 is 5.97 Å². The minimum atomic E-state index is -1.38. The number of anilines is 1. The van der Waals surface area contributed by atoms with Crippen LogP contribution in [-0.2, 0) is 9.53 Å². The molecule has 0 amide bonds. The molecule has 2 N–H and O–H groups in total. The van der Waals surface area contributed by atoms with Gasteiger partial charge in [-0.25, -0.2) is 22.8 Å². The summed E-state index contributed by atoms with van der Waals surface area (Å²) in [4.78, 5) is 39.4. The number of rotatable bonds is 5. The van der Waals surface area contributed by atoms with Crippen molar-refractivity contribution in [3.8, 4) is 11.4 Å². The summed E-state index contributed by atoms with van der Waals surface area (Å²) in [6.45, 7) is 6.17. The van der Waals surface area contributed by atoms with Gasteiger partial charge in [-0.15, -0.1) is 0 Å². The molecule has 0 aliphatic rings. The van der Waals surface area contributed by atoms with Crippen molar-refractivity contribution in [3.63, 3.8) is 0 Å². The van der Waals surface area contributed by atoms with Crippen molar-refractivity contribution in [2.24, 2.45) is 4.99 Å². The monoisotopic (exact) mass is 509 g/mol. The van der Waals surface area contributed by atoms with Crippen molar-refractivity contribution in [1.82, 2.24) is 4.57 Å². The molecule has 8 nitrogen and oxygen atoms in total. The van der Waals surface area contributed by atoms with E-state index in [1.54, 1.807) is 20.8 Å². The molecule has 0 aliphatic heterocycles. The van der Waals surface area contributed by atoms with Crippen LogP contribution in [0.4, 0.5) is 24.5 Å². The number of aliphatic imine (C=N–C) groups is 1. The fourth-order valence-electron chi connectivity index (χ4n) is 3.28. The number of carbonyl (C=O) groups excluding carboxylic acids is 2. The van der Waals surface area contributed by atoms with E-state index >= 15 is 4.39 Å². The van der Waals surface area contributed by atoms with Crippen LogP contribution in [0.5, 0.6) is 5.75 Å². The fraction of sp³-hybridized carbons (Fsp3) is 0.261. The maximum atomic E-state index is 15.5. The zero-order chi connectivity index (χ0) is 26.2. The maximum Gasteiger partial charge on any atom is 0.343 e. The highest BCUT2D eigenvalue weighted by atomic mass is 35.5. The number of hydrogen-bond donors (Lipinski definition) is 1. The zero-order valence-electron chi connectivity index (χ0n) is 19.0. The van der Waals surface area contributed by atoms with Crippen molar-refractivity contribution in [2.45, 2.75) is 33.3 Å². The third kappa shape index (κ3) is 4.73. The second-order valence-electron chi connectivity index (χ2n) is 8.23. The second kappa shape index (κ2) is 9.44. The summed E-state index contributed by atoms with van der Waals surface area (Å²) in [7, 11) is 0. The minimum Gasteiger partial charge on any atom is -0.485 e. The fourth-order valence-corrected chi connectivity index (χ4v) is 3.57. The Bertz CT molecular complexity index is 1470. The van der Waals surface area contributed by atoms with E-state index < -0.39 is 73.2 Å². The Kier molecular flexibility index (Phi) is 6.96. The number of esters is 1. The normalized spacial score (nSPS) is 11.3. The smallest absolute Gasteiger partial charge is 0.343 e. The van der Waals surface area contributed by atoms with Crippen LogP contribution in [-0.4, -0.2) is 28.8 Å². The Hall–Kier alpha value is -3.82. The van der Waals surface area contributed by atoms with Gasteiger partial charge in [0.15, 0.2) is 23.1 Å². The maximum absolute atomic E-state index is 15.5. The molecule has 0 atom stereocenters. The van der Waals surface area contributed by atoms with Crippen molar-refractivity contribution < 1.29 is 32.2 Å². The second-order valence-corrected chi connectivity index (χ2v) is 8.61. The Morgan fingerprint density at radius 1 is 1.23 bits per heavy atom. The van der Waals surface area contributed by atoms with Crippen LogP contribution in [0.2, 0.25) is 5.02 Å². The molecule has 1 heterocycles. The first-order valence-electron chi connectivity index (χ1n) is 10.1. The first kappa shape index (κ1) is 25.8. The lowest BCUT2D eigenvalue weighted by atomic mass is 10.1. The quantitative estimate of drug-likeness (QED) is 0.225. The molecule has 184 valence electrons. The van der Waals surface area contributed by atoms with E-state index in [1.165, 1.54) is 6.92 Å². The van der Waals surface area contributed by atoms with Gasteiger partial charge in [0.1, 0.15) is 17.0 Å². The summed E-state index contributed by atoms with van der Waals surface area (Å²) in [6, 6.07) is 1.64. The van der Waals surface area contributed by atoms with Crippen LogP contribution >= 0.6 is 11.6 Å². The molecule has 0 radical (unpaired) electrons. The number of halogens is 4. The molecule has 0 fully saturated rings. The molecule has 0 spiro atoms. The SMILES string of the molecule is CCOC(=O)c1cn(-c2cc(OC(C)(C)C)c(F)c(N=C=O)c2F)c2c(Cl)c(N)c(F)cc2c1=O. The molecule has 0 aliphatic carbocycles. The summed E-state index contributed by atoms with van der Waals surface area (Å²) in [5.74, 6) is -5.34. The zero-order valence-corrected chi connectivity index (χ0v) is 19.7. The van der Waals surface area contributed by atoms with E-state index in [2.05, 4.69) is 4.99 Å². The highest BCUT2D eigenvalue weighted by molar-refractivity contribution is 6.37. The summed E-state index contributed by atoms with van der Waals surface area (Å²) in [6.07, 6.45) is 1.95. The van der Waals surface area contributed by atoms with Gasteiger partial charge in [0.2, 0.25) is 11.5 Å². The Morgan fingerprint density at radius 3 is 2.46 bits per heavy atom. The highest BCUT2D eigenvalue weighted by Crippen LogP contribution is 2.39. The molecule has 0 unspecified atom stereocenters. The molecule has 3 aromatic rings. The van der Waals surface area contributed by atoms with Gasteiger partial charge in [-0.2, -0.15) is 4.99 Å². The van der Waals surface area contributed by atoms with Gasteiger partial charge in [-0.3, -0.25) is 4.79 Å². The van der Waals surface area contributed by atoms with Gasteiger partial charge in [-0.05, 0) is 33.8 Å². The molecule has 3 rings (SSSR count). The Morgan fingerprint density at radius 2 is 1.89 bits per heavy atom. The van der Waals surface area contributed by atoms with Crippen LogP contribution in [0.15, 0.2) is 28.1 Å². The lowest BCUT2D eigenvalue weighted by Crippen LogP contribution is -2.24. The number of fused-ring (bicyclic) bond motifs is 1. The Labute approximate surface area is 201 Å². The lowest BCUT2D eigenvalue weighted by molar-refractivity contribution is 0.0524. The third-order valence-electron chi connectivity index (χ3n) is 4.67. The van der Waals surface area contributed by atoms with Crippen LogP contribution in [0.3, 0.4) is 0 Å². The topological polar surface area (TPSA) is 113 Å². The number of isocyanates is 1. The molecule has 35 heavy (non-hydrogen) atoms. The van der Waals surface area contributed by atoms with E-state index in [9.17, 15) is 23.2 Å². The van der Waals surface area contributed by atoms with Gasteiger partial charge < -0.3 is 19.8 Å². The highest BCUT2D eigenvalue weighted by Gasteiger charge is 2.27. The van der Waals surface area contributed by atoms with Crippen LogP contribution in [0.25, 0.3) is 16.6 Å². The molecule has 2 aromatic carbocycles. The molecule has 1 aromatic heterocycles. The molecular weight excluding hydrogens is 491 g/mol. The average Bonchev–Trinajstić information content (AvgIpc) is 2.77. The lowest BCUT2D eigenvalue weighted by Gasteiger charge is -2.23. The number of nitrogens with zero attached hydrogens (tertiary/aromatic N) is 2. The van der Waals surface area contributed by atoms with Crippen molar-refractivity contribution >= 4 is 45.9 Å². The minimum absolute atomic E-state index is 0.0974. The van der Waals surface area contributed by atoms with Crippen molar-refractivity contribution in [1.29, 1.82) is 0 Å². The number of nitrogen functional groups attached to an aromatic ring is 1. The number of nitrogens with two attached hydrogens (primary N) is 1. The molecular formula is C23H19ClF3N3O5. The van der Waals surface area contributed by atoms with E-state index in [-0.39, 0.29) is 12.1 Å². The van der Waals surface area contributed by atoms with Gasteiger partial charge in [0, 0.05) is 12.3 Å². The van der Waals surface area contributed by atoms with Crippen LogP contribution in [0, 0.1) is 17.5 Å². The van der Waals surface area contributed by atoms with Crippen LogP contribution < -0.4 is 15.9 Å². The first-order chi connectivity index (χ1) is 16.3. The number of pyridine rings is 1. The molecule has 12 heteroatoms. The number of aromatic nitrogens is 1. The first-order valence-corrected chi connectivity index (χ1v) is 10.5. The molecule has 0 saturated carbocycles. The predicted octanol–water partition coefficient (Wildman–Crippen LogP) is 4.96. The Balaban J connectivity index is 2.57. The van der Waals surface area contributed by atoms with Crippen molar-refractivity contribution in [3.05, 3.63) is 56.6 Å². The van der Waals surface area contributed by atoms with E-state index in [1.807, 2.05) is 0 Å². The van der Waals surface area contributed by atoms with E-state index in [0.717, 1.165) is 29.0 Å². The number of ether oxygens (including phenoxy) is 2.